The zero-order chi connectivity index (χ0) is 16.4. The van der Waals surface area contributed by atoms with Gasteiger partial charge < -0.3 is 15.8 Å². The second kappa shape index (κ2) is 6.12. The van der Waals surface area contributed by atoms with Crippen LogP contribution in [0.3, 0.4) is 0 Å². The van der Waals surface area contributed by atoms with Gasteiger partial charge in [-0.15, -0.1) is 11.8 Å². The molecule has 0 fully saturated rings. The van der Waals surface area contributed by atoms with Crippen molar-refractivity contribution in [2.24, 2.45) is 11.1 Å². The van der Waals surface area contributed by atoms with Gasteiger partial charge in [-0.3, -0.25) is 4.79 Å². The molecule has 5 nitrogen and oxygen atoms in total. The molecule has 2 aromatic rings. The summed E-state index contributed by atoms with van der Waals surface area (Å²) >= 11 is 1.75. The number of rotatable bonds is 3. The number of thioether (sulfide) groups is 1. The minimum absolute atomic E-state index is 0.186. The van der Waals surface area contributed by atoms with Crippen LogP contribution in [-0.4, -0.2) is 23.2 Å². The van der Waals surface area contributed by atoms with Gasteiger partial charge in [0.2, 0.25) is 5.91 Å². The molecular formula is C17H19N3O2S. The van der Waals surface area contributed by atoms with Crippen molar-refractivity contribution in [2.45, 2.75) is 18.7 Å². The number of nitrogens with one attached hydrogen (secondary N) is 1. The van der Waals surface area contributed by atoms with E-state index in [2.05, 4.69) is 24.1 Å². The second-order valence-corrected chi connectivity index (χ2v) is 7.27. The number of ether oxygens (including phenoxy) is 1. The molecule has 6 heteroatoms. The minimum Gasteiger partial charge on any atom is -0.456 e. The highest BCUT2D eigenvalue weighted by Gasteiger charge is 2.25. The fourth-order valence-corrected chi connectivity index (χ4v) is 3.38. The molecule has 23 heavy (non-hydrogen) atoms. The van der Waals surface area contributed by atoms with Crippen molar-refractivity contribution in [3.8, 4) is 11.5 Å². The molecule has 3 N–H and O–H groups in total. The lowest BCUT2D eigenvalue weighted by molar-refractivity contribution is 0.100. The molecule has 2 heterocycles. The summed E-state index contributed by atoms with van der Waals surface area (Å²) in [4.78, 5) is 16.5. The first-order valence-electron chi connectivity index (χ1n) is 7.38. The Hall–Kier alpha value is -2.21. The van der Waals surface area contributed by atoms with Crippen LogP contribution < -0.4 is 15.8 Å². The summed E-state index contributed by atoms with van der Waals surface area (Å²) in [6.07, 6.45) is 1.73. The molecule has 0 radical (unpaired) electrons. The van der Waals surface area contributed by atoms with Crippen molar-refractivity contribution >= 4 is 23.5 Å². The largest absolute Gasteiger partial charge is 0.456 e. The third-order valence-corrected chi connectivity index (χ3v) is 5.19. The third kappa shape index (κ3) is 3.59. The first-order valence-corrected chi connectivity index (χ1v) is 8.37. The van der Waals surface area contributed by atoms with E-state index in [0.29, 0.717) is 11.3 Å². The fraction of sp³-hybridized carbons (Fsp3) is 0.294. The summed E-state index contributed by atoms with van der Waals surface area (Å²) < 4.78 is 5.98. The number of amides is 1. The average molecular weight is 329 g/mol. The SMILES string of the molecule is CC1(C)CNc2nccc(Oc3ccc(C(N)=O)cc3)c2SC1. The van der Waals surface area contributed by atoms with Crippen molar-refractivity contribution in [1.82, 2.24) is 4.98 Å². The van der Waals surface area contributed by atoms with Gasteiger partial charge in [0.1, 0.15) is 17.3 Å². The van der Waals surface area contributed by atoms with Crippen LogP contribution in [0.1, 0.15) is 24.2 Å². The third-order valence-electron chi connectivity index (χ3n) is 3.58. The molecule has 0 unspecified atom stereocenters. The number of hydrogen-bond donors (Lipinski definition) is 2. The number of primary amides is 1. The Labute approximate surface area is 139 Å². The van der Waals surface area contributed by atoms with E-state index in [1.165, 1.54) is 0 Å². The van der Waals surface area contributed by atoms with E-state index in [1.807, 2.05) is 6.07 Å². The van der Waals surface area contributed by atoms with Crippen LogP contribution >= 0.6 is 11.8 Å². The summed E-state index contributed by atoms with van der Waals surface area (Å²) in [5, 5.41) is 3.39. The van der Waals surface area contributed by atoms with Gasteiger partial charge in [-0.1, -0.05) is 13.8 Å². The molecule has 0 saturated heterocycles. The van der Waals surface area contributed by atoms with E-state index >= 15 is 0 Å². The Kier molecular flexibility index (Phi) is 4.17. The molecule has 1 amide bonds. The van der Waals surface area contributed by atoms with Gasteiger partial charge in [0.05, 0.1) is 4.90 Å². The maximum absolute atomic E-state index is 11.1. The Balaban J connectivity index is 1.86. The number of benzene rings is 1. The molecule has 1 aliphatic heterocycles. The van der Waals surface area contributed by atoms with Crippen LogP contribution in [0, 0.1) is 5.41 Å². The summed E-state index contributed by atoms with van der Waals surface area (Å²) in [6, 6.07) is 8.66. The fourth-order valence-electron chi connectivity index (χ4n) is 2.23. The lowest BCUT2D eigenvalue weighted by Gasteiger charge is -2.20. The highest BCUT2D eigenvalue weighted by molar-refractivity contribution is 7.99. The van der Waals surface area contributed by atoms with Gasteiger partial charge in [-0.2, -0.15) is 0 Å². The zero-order valence-electron chi connectivity index (χ0n) is 13.1. The Morgan fingerprint density at radius 3 is 2.74 bits per heavy atom. The Bertz CT molecular complexity index is 729. The molecule has 3 rings (SSSR count). The molecular weight excluding hydrogens is 310 g/mol. The van der Waals surface area contributed by atoms with Gasteiger partial charge >= 0.3 is 0 Å². The normalized spacial score (nSPS) is 15.9. The molecule has 120 valence electrons. The first kappa shape index (κ1) is 15.7. The molecule has 0 atom stereocenters. The zero-order valence-corrected chi connectivity index (χ0v) is 13.9. The number of hydrogen-bond acceptors (Lipinski definition) is 5. The van der Waals surface area contributed by atoms with Gasteiger partial charge in [0.25, 0.3) is 0 Å². The van der Waals surface area contributed by atoms with Crippen molar-refractivity contribution < 1.29 is 9.53 Å². The lowest BCUT2D eigenvalue weighted by Crippen LogP contribution is -2.23. The average Bonchev–Trinajstić information content (AvgIpc) is 2.68. The minimum atomic E-state index is -0.448. The van der Waals surface area contributed by atoms with E-state index in [9.17, 15) is 4.79 Å². The topological polar surface area (TPSA) is 77.2 Å². The van der Waals surface area contributed by atoms with Gasteiger partial charge in [-0.25, -0.2) is 4.98 Å². The van der Waals surface area contributed by atoms with Crippen molar-refractivity contribution in [3.63, 3.8) is 0 Å². The number of anilines is 1. The molecule has 0 aliphatic carbocycles. The number of fused-ring (bicyclic) bond motifs is 1. The van der Waals surface area contributed by atoms with Crippen LogP contribution in [0.4, 0.5) is 5.82 Å². The molecule has 1 aromatic heterocycles. The maximum atomic E-state index is 11.1. The number of nitrogens with zero attached hydrogens (tertiary/aromatic N) is 1. The maximum Gasteiger partial charge on any atom is 0.248 e. The smallest absolute Gasteiger partial charge is 0.248 e. The summed E-state index contributed by atoms with van der Waals surface area (Å²) in [7, 11) is 0. The van der Waals surface area contributed by atoms with Crippen LogP contribution in [-0.2, 0) is 0 Å². The highest BCUT2D eigenvalue weighted by atomic mass is 32.2. The number of nitrogens with two attached hydrogens (primary N) is 1. The molecule has 1 aromatic carbocycles. The first-order chi connectivity index (χ1) is 10.9. The quantitative estimate of drug-likeness (QED) is 0.901. The number of carbonyl (C=O) groups is 1. The summed E-state index contributed by atoms with van der Waals surface area (Å²) in [5.41, 5.74) is 5.90. The second-order valence-electron chi connectivity index (χ2n) is 6.28. The van der Waals surface area contributed by atoms with Crippen LogP contribution in [0.15, 0.2) is 41.4 Å². The molecule has 1 aliphatic rings. The van der Waals surface area contributed by atoms with Gasteiger partial charge in [0, 0.05) is 30.1 Å². The van der Waals surface area contributed by atoms with Crippen LogP contribution in [0.2, 0.25) is 0 Å². The van der Waals surface area contributed by atoms with Gasteiger partial charge in [-0.05, 0) is 29.7 Å². The summed E-state index contributed by atoms with van der Waals surface area (Å²) in [6.45, 7) is 5.32. The van der Waals surface area contributed by atoms with Crippen molar-refractivity contribution in [2.75, 3.05) is 17.6 Å². The van der Waals surface area contributed by atoms with E-state index in [-0.39, 0.29) is 5.41 Å². The van der Waals surface area contributed by atoms with Crippen LogP contribution in [0.5, 0.6) is 11.5 Å². The van der Waals surface area contributed by atoms with E-state index in [0.717, 1.165) is 28.8 Å². The van der Waals surface area contributed by atoms with E-state index in [4.69, 9.17) is 10.5 Å². The predicted molar refractivity (Wildman–Crippen MR) is 92.3 cm³/mol. The van der Waals surface area contributed by atoms with E-state index < -0.39 is 5.91 Å². The number of pyridine rings is 1. The Morgan fingerprint density at radius 1 is 1.30 bits per heavy atom. The van der Waals surface area contributed by atoms with Crippen molar-refractivity contribution in [3.05, 3.63) is 42.1 Å². The standard InChI is InChI=1S/C17H19N3O2S/c1-17(2)9-20-16-14(23-10-17)13(7-8-19-16)22-12-5-3-11(4-6-12)15(18)21/h3-8H,9-10H2,1-2H3,(H2,18,21)(H,19,20). The molecule has 0 bridgehead atoms. The monoisotopic (exact) mass is 329 g/mol. The van der Waals surface area contributed by atoms with Crippen molar-refractivity contribution in [1.29, 1.82) is 0 Å². The lowest BCUT2D eigenvalue weighted by atomic mass is 9.97. The van der Waals surface area contributed by atoms with Gasteiger partial charge in [0.15, 0.2) is 0 Å². The number of carbonyl (C=O) groups excluding carboxylic acids is 1. The van der Waals surface area contributed by atoms with Crippen LogP contribution in [0.25, 0.3) is 0 Å². The molecule has 0 spiro atoms. The molecule has 0 saturated carbocycles. The number of aromatic nitrogens is 1. The predicted octanol–water partition coefficient (Wildman–Crippen LogP) is 3.52. The highest BCUT2D eigenvalue weighted by Crippen LogP contribution is 2.42. The van der Waals surface area contributed by atoms with E-state index in [1.54, 1.807) is 42.2 Å². The summed E-state index contributed by atoms with van der Waals surface area (Å²) in [5.74, 6) is 2.81. The Morgan fingerprint density at radius 2 is 2.04 bits per heavy atom.